The van der Waals surface area contributed by atoms with Gasteiger partial charge in [-0.15, -0.1) is 0 Å². The van der Waals surface area contributed by atoms with E-state index in [1.807, 2.05) is 6.92 Å². The predicted octanol–water partition coefficient (Wildman–Crippen LogP) is 3.83. The van der Waals surface area contributed by atoms with E-state index >= 15 is 0 Å². The minimum Gasteiger partial charge on any atom is -0.493 e. The third-order valence-electron chi connectivity index (χ3n) is 6.54. The molecule has 40 heavy (non-hydrogen) atoms. The molecular weight excluding hydrogens is 560 g/mol. The van der Waals surface area contributed by atoms with Crippen molar-refractivity contribution in [2.75, 3.05) is 38.0 Å². The number of fused-ring (bicyclic) bond motifs is 1. The highest BCUT2D eigenvalue weighted by Gasteiger charge is 2.41. The van der Waals surface area contributed by atoms with Gasteiger partial charge in [-0.25, -0.2) is 8.42 Å². The molecular formula is C28H37ClN2O8S. The molecule has 220 valence electrons. The minimum absolute atomic E-state index is 0.0925. The number of para-hydroxylation sites is 1. The lowest BCUT2D eigenvalue weighted by Gasteiger charge is -2.32. The molecule has 0 fully saturated rings. The first kappa shape index (κ1) is 31.7. The number of methoxy groups -OCH3 is 2. The Kier molecular flexibility index (Phi) is 10.5. The van der Waals surface area contributed by atoms with Crippen LogP contribution in [0.2, 0.25) is 5.02 Å². The number of aliphatic hydroxyl groups is 1. The topological polar surface area (TPSA) is 131 Å². The summed E-state index contributed by atoms with van der Waals surface area (Å²) in [6.45, 7) is 5.32. The first-order valence-electron chi connectivity index (χ1n) is 13.0. The molecule has 3 rings (SSSR count). The summed E-state index contributed by atoms with van der Waals surface area (Å²) in [4.78, 5) is 28.4. The van der Waals surface area contributed by atoms with E-state index in [9.17, 15) is 23.1 Å². The third kappa shape index (κ3) is 7.45. The summed E-state index contributed by atoms with van der Waals surface area (Å²) < 4.78 is 44.3. The number of carbonyl (C=O) groups excluding carboxylic acids is 2. The second kappa shape index (κ2) is 13.2. The van der Waals surface area contributed by atoms with Crippen molar-refractivity contribution in [2.24, 2.45) is 5.41 Å². The Morgan fingerprint density at radius 3 is 2.52 bits per heavy atom. The Bertz CT molecular complexity index is 1330. The average molecular weight is 597 g/mol. The molecule has 0 saturated carbocycles. The zero-order chi connectivity index (χ0) is 29.7. The molecule has 0 radical (unpaired) electrons. The minimum atomic E-state index is -3.88. The highest BCUT2D eigenvalue weighted by molar-refractivity contribution is 7.90. The summed E-state index contributed by atoms with van der Waals surface area (Å²) in [5.74, 6) is -0.842. The van der Waals surface area contributed by atoms with E-state index < -0.39 is 45.9 Å². The number of nitrogens with zero attached hydrogens (tertiary/aromatic N) is 1. The Morgan fingerprint density at radius 2 is 1.90 bits per heavy atom. The van der Waals surface area contributed by atoms with Gasteiger partial charge >= 0.3 is 0 Å². The van der Waals surface area contributed by atoms with Crippen molar-refractivity contribution in [1.82, 2.24) is 4.72 Å². The number of amides is 2. The molecule has 2 atom stereocenters. The van der Waals surface area contributed by atoms with E-state index in [0.29, 0.717) is 46.2 Å². The number of rotatable bonds is 12. The summed E-state index contributed by atoms with van der Waals surface area (Å²) in [6.07, 6.45) is -1.84. The fraction of sp³-hybridized carbons (Fsp3) is 0.500. The number of benzene rings is 2. The van der Waals surface area contributed by atoms with E-state index in [1.165, 1.54) is 19.1 Å². The zero-order valence-electron chi connectivity index (χ0n) is 23.4. The highest BCUT2D eigenvalue weighted by Crippen LogP contribution is 2.45. The zero-order valence-corrected chi connectivity index (χ0v) is 25.0. The van der Waals surface area contributed by atoms with Gasteiger partial charge in [0.2, 0.25) is 15.9 Å². The molecule has 12 heteroatoms. The van der Waals surface area contributed by atoms with Crippen molar-refractivity contribution in [3.8, 4) is 11.5 Å². The molecule has 10 nitrogen and oxygen atoms in total. The third-order valence-corrected chi connectivity index (χ3v) is 8.14. The van der Waals surface area contributed by atoms with Crippen LogP contribution in [-0.2, 0) is 24.3 Å². The molecule has 0 saturated heterocycles. The lowest BCUT2D eigenvalue weighted by molar-refractivity contribution is -0.137. The van der Waals surface area contributed by atoms with Crippen LogP contribution in [0, 0.1) is 5.41 Å². The molecule has 1 heterocycles. The van der Waals surface area contributed by atoms with Gasteiger partial charge in [0.05, 0.1) is 26.4 Å². The number of hydrogen-bond donors (Lipinski definition) is 2. The highest BCUT2D eigenvalue weighted by atomic mass is 35.5. The molecule has 2 aromatic rings. The van der Waals surface area contributed by atoms with Crippen molar-refractivity contribution < 1.29 is 37.3 Å². The van der Waals surface area contributed by atoms with E-state index in [1.54, 1.807) is 50.2 Å². The summed E-state index contributed by atoms with van der Waals surface area (Å²) in [7, 11) is -0.907. The molecule has 0 spiro atoms. The van der Waals surface area contributed by atoms with Gasteiger partial charge in [0.1, 0.15) is 12.2 Å². The van der Waals surface area contributed by atoms with Crippen LogP contribution in [0.25, 0.3) is 0 Å². The molecule has 1 aliphatic heterocycles. The number of hydrogen-bond acceptors (Lipinski definition) is 8. The van der Waals surface area contributed by atoms with Gasteiger partial charge in [-0.1, -0.05) is 50.9 Å². The number of carbonyl (C=O) groups is 2. The van der Waals surface area contributed by atoms with Crippen LogP contribution in [0.4, 0.5) is 5.69 Å². The van der Waals surface area contributed by atoms with Crippen molar-refractivity contribution in [2.45, 2.75) is 52.2 Å². The predicted molar refractivity (Wildman–Crippen MR) is 152 cm³/mol. The molecule has 0 aromatic heterocycles. The quantitative estimate of drug-likeness (QED) is 0.378. The Labute approximate surface area is 240 Å². The van der Waals surface area contributed by atoms with Gasteiger partial charge in [-0.05, 0) is 30.7 Å². The average Bonchev–Trinajstić information content (AvgIpc) is 3.01. The van der Waals surface area contributed by atoms with Crippen LogP contribution in [0.3, 0.4) is 0 Å². The van der Waals surface area contributed by atoms with Crippen LogP contribution in [0.15, 0.2) is 36.4 Å². The van der Waals surface area contributed by atoms with E-state index in [2.05, 4.69) is 4.72 Å². The van der Waals surface area contributed by atoms with Crippen LogP contribution in [0.1, 0.15) is 57.3 Å². The number of nitrogens with one attached hydrogen (secondary N) is 1. The van der Waals surface area contributed by atoms with Crippen LogP contribution < -0.4 is 19.1 Å². The SMILES string of the molecule is CCCCS(=O)(=O)NC(=O)C[C@H]1O[C@H](c2cccc(OC)c2OC)c2cc(Cl)ccc2N(CC(C)(C)CO)C1=O. The van der Waals surface area contributed by atoms with Gasteiger partial charge in [0.15, 0.2) is 11.5 Å². The normalized spacial score (nSPS) is 17.7. The summed E-state index contributed by atoms with van der Waals surface area (Å²) in [5, 5.41) is 10.4. The Balaban J connectivity index is 2.15. The van der Waals surface area contributed by atoms with Crippen LogP contribution in [0.5, 0.6) is 11.5 Å². The van der Waals surface area contributed by atoms with Crippen molar-refractivity contribution >= 4 is 39.1 Å². The van der Waals surface area contributed by atoms with Crippen LogP contribution in [-0.4, -0.2) is 64.6 Å². The summed E-state index contributed by atoms with van der Waals surface area (Å²) in [6, 6.07) is 10.2. The summed E-state index contributed by atoms with van der Waals surface area (Å²) in [5.41, 5.74) is 0.808. The van der Waals surface area contributed by atoms with Crippen molar-refractivity contribution in [1.29, 1.82) is 0 Å². The molecule has 0 unspecified atom stereocenters. The molecule has 2 amide bonds. The number of anilines is 1. The van der Waals surface area contributed by atoms with Gasteiger partial charge in [0, 0.05) is 40.4 Å². The van der Waals surface area contributed by atoms with Gasteiger partial charge < -0.3 is 24.2 Å². The van der Waals surface area contributed by atoms with Gasteiger partial charge in [0.25, 0.3) is 5.91 Å². The number of halogens is 1. The maximum Gasteiger partial charge on any atom is 0.256 e. The van der Waals surface area contributed by atoms with Gasteiger partial charge in [-0.3, -0.25) is 14.3 Å². The standard InChI is InChI=1S/C28H37ClN2O8S/c1-6-7-13-40(35,36)30-24(33)15-23-27(34)31(16-28(2,3)17-32)21-12-11-18(29)14-20(21)25(39-23)19-9-8-10-22(37-4)26(19)38-5/h8-12,14,23,25,32H,6-7,13,15-17H2,1-5H3,(H,30,33)/t23-,25-/m1/s1. The monoisotopic (exact) mass is 596 g/mol. The van der Waals surface area contributed by atoms with Gasteiger partial charge in [-0.2, -0.15) is 0 Å². The first-order chi connectivity index (χ1) is 18.9. The Hall–Kier alpha value is -2.86. The lowest BCUT2D eigenvalue weighted by Crippen LogP contribution is -2.47. The second-order valence-corrected chi connectivity index (χ2v) is 12.7. The van der Waals surface area contributed by atoms with E-state index in [0.717, 1.165) is 0 Å². The number of unbranched alkanes of at least 4 members (excludes halogenated alkanes) is 1. The fourth-order valence-corrected chi connectivity index (χ4v) is 5.86. The Morgan fingerprint density at radius 1 is 1.18 bits per heavy atom. The molecule has 1 aliphatic rings. The smallest absolute Gasteiger partial charge is 0.256 e. The largest absolute Gasteiger partial charge is 0.493 e. The second-order valence-electron chi connectivity index (χ2n) is 10.4. The molecule has 2 N–H and O–H groups in total. The number of aliphatic hydroxyl groups excluding tert-OH is 1. The van der Waals surface area contributed by atoms with E-state index in [4.69, 9.17) is 25.8 Å². The maximum absolute atomic E-state index is 14.0. The number of sulfonamides is 1. The molecule has 2 aromatic carbocycles. The van der Waals surface area contributed by atoms with E-state index in [-0.39, 0.29) is 18.9 Å². The van der Waals surface area contributed by atoms with Crippen molar-refractivity contribution in [3.05, 3.63) is 52.5 Å². The lowest BCUT2D eigenvalue weighted by atomic mass is 9.92. The first-order valence-corrected chi connectivity index (χ1v) is 15.0. The molecule has 0 bridgehead atoms. The fourth-order valence-electron chi connectivity index (χ4n) is 4.47. The summed E-state index contributed by atoms with van der Waals surface area (Å²) >= 11 is 6.41. The number of ether oxygens (including phenoxy) is 3. The van der Waals surface area contributed by atoms with Crippen LogP contribution >= 0.6 is 11.6 Å². The van der Waals surface area contributed by atoms with Crippen molar-refractivity contribution in [3.63, 3.8) is 0 Å². The molecule has 0 aliphatic carbocycles. The maximum atomic E-state index is 14.0.